The lowest BCUT2D eigenvalue weighted by Gasteiger charge is -2.14. The maximum Gasteiger partial charge on any atom is 0.225 e. The number of amides is 1. The van der Waals surface area contributed by atoms with Gasteiger partial charge in [0.1, 0.15) is 5.82 Å². The van der Waals surface area contributed by atoms with Crippen LogP contribution < -0.4 is 5.32 Å². The average molecular weight is 285 g/mol. The molecule has 0 unspecified atom stereocenters. The third kappa shape index (κ3) is 3.72. The molecule has 1 heterocycles. The third-order valence-electron chi connectivity index (χ3n) is 3.22. The van der Waals surface area contributed by atoms with Gasteiger partial charge in [-0.1, -0.05) is 45.9 Å². The van der Waals surface area contributed by atoms with E-state index in [2.05, 4.69) is 31.2 Å². The van der Waals surface area contributed by atoms with Crippen LogP contribution in [0.25, 0.3) is 5.69 Å². The highest BCUT2D eigenvalue weighted by molar-refractivity contribution is 5.90. The minimum absolute atomic E-state index is 0.0232. The van der Waals surface area contributed by atoms with Gasteiger partial charge >= 0.3 is 0 Å². The van der Waals surface area contributed by atoms with E-state index in [1.807, 2.05) is 43.3 Å². The number of hydrogen-bond acceptors (Lipinski definition) is 2. The number of carbonyl (C=O) groups is 1. The lowest BCUT2D eigenvalue weighted by atomic mass is 9.92. The largest absolute Gasteiger partial charge is 0.311 e. The monoisotopic (exact) mass is 285 g/mol. The zero-order chi connectivity index (χ0) is 15.5. The lowest BCUT2D eigenvalue weighted by molar-refractivity contribution is -0.116. The molecule has 1 aromatic carbocycles. The number of aromatic nitrogens is 2. The maximum absolute atomic E-state index is 11.9. The number of hydrogen-bond donors (Lipinski definition) is 1. The van der Waals surface area contributed by atoms with Crippen LogP contribution in [0, 0.1) is 0 Å². The molecule has 0 fully saturated rings. The van der Waals surface area contributed by atoms with Crippen LogP contribution in [0.3, 0.4) is 0 Å². The summed E-state index contributed by atoms with van der Waals surface area (Å²) in [6.45, 7) is 8.33. The number of nitrogens with zero attached hydrogens (tertiary/aromatic N) is 2. The fourth-order valence-corrected chi connectivity index (χ4v) is 2.04. The van der Waals surface area contributed by atoms with Crippen LogP contribution >= 0.6 is 0 Å². The third-order valence-corrected chi connectivity index (χ3v) is 3.22. The van der Waals surface area contributed by atoms with Crippen molar-refractivity contribution in [1.29, 1.82) is 0 Å². The van der Waals surface area contributed by atoms with E-state index in [9.17, 15) is 4.79 Å². The number of nitrogens with one attached hydrogen (secondary N) is 1. The summed E-state index contributed by atoms with van der Waals surface area (Å²) in [5.41, 5.74) is 1.84. The van der Waals surface area contributed by atoms with Crippen LogP contribution in [0.2, 0.25) is 0 Å². The summed E-state index contributed by atoms with van der Waals surface area (Å²) in [6.07, 6.45) is 1.35. The van der Waals surface area contributed by atoms with E-state index in [-0.39, 0.29) is 11.3 Å². The minimum atomic E-state index is -0.0652. The molecule has 0 atom stereocenters. The smallest absolute Gasteiger partial charge is 0.225 e. The van der Waals surface area contributed by atoms with E-state index in [4.69, 9.17) is 0 Å². The van der Waals surface area contributed by atoms with Crippen LogP contribution in [0.4, 0.5) is 5.82 Å². The first kappa shape index (κ1) is 15.3. The van der Waals surface area contributed by atoms with Gasteiger partial charge in [0.05, 0.1) is 11.4 Å². The second-order valence-electron chi connectivity index (χ2n) is 6.21. The van der Waals surface area contributed by atoms with Gasteiger partial charge in [-0.2, -0.15) is 5.10 Å². The highest BCUT2D eigenvalue weighted by Crippen LogP contribution is 2.26. The van der Waals surface area contributed by atoms with Crippen molar-refractivity contribution in [2.45, 2.75) is 46.0 Å². The summed E-state index contributed by atoms with van der Waals surface area (Å²) < 4.78 is 1.80. The number of anilines is 1. The molecule has 112 valence electrons. The molecule has 0 aliphatic carbocycles. The first-order valence-corrected chi connectivity index (χ1v) is 7.37. The number of para-hydroxylation sites is 1. The summed E-state index contributed by atoms with van der Waals surface area (Å²) in [7, 11) is 0. The van der Waals surface area contributed by atoms with E-state index in [1.54, 1.807) is 4.68 Å². The molecule has 1 aromatic heterocycles. The molecule has 0 radical (unpaired) electrons. The van der Waals surface area contributed by atoms with Crippen molar-refractivity contribution in [3.63, 3.8) is 0 Å². The Kier molecular flexibility index (Phi) is 4.46. The summed E-state index contributed by atoms with van der Waals surface area (Å²) in [5.74, 6) is 0.750. The molecule has 4 nitrogen and oxygen atoms in total. The van der Waals surface area contributed by atoms with Crippen LogP contribution in [0.1, 0.15) is 46.2 Å². The maximum atomic E-state index is 11.9. The second-order valence-corrected chi connectivity index (χ2v) is 6.21. The lowest BCUT2D eigenvalue weighted by Crippen LogP contribution is -2.14. The Balaban J connectivity index is 2.42. The highest BCUT2D eigenvalue weighted by Gasteiger charge is 2.21. The van der Waals surface area contributed by atoms with Gasteiger partial charge in [-0.05, 0) is 18.6 Å². The molecule has 0 spiro atoms. The Bertz CT molecular complexity index is 609. The summed E-state index contributed by atoms with van der Waals surface area (Å²) >= 11 is 0. The zero-order valence-corrected chi connectivity index (χ0v) is 13.2. The molecule has 2 rings (SSSR count). The number of carbonyl (C=O) groups excluding carboxylic acids is 1. The van der Waals surface area contributed by atoms with Gasteiger partial charge in [0, 0.05) is 17.9 Å². The Morgan fingerprint density at radius 2 is 1.90 bits per heavy atom. The van der Waals surface area contributed by atoms with Crippen molar-refractivity contribution in [2.24, 2.45) is 0 Å². The molecule has 21 heavy (non-hydrogen) atoms. The van der Waals surface area contributed by atoms with Crippen molar-refractivity contribution in [3.05, 3.63) is 42.1 Å². The summed E-state index contributed by atoms with van der Waals surface area (Å²) in [6, 6.07) is 11.8. The minimum Gasteiger partial charge on any atom is -0.311 e. The first-order chi connectivity index (χ1) is 9.91. The first-order valence-electron chi connectivity index (χ1n) is 7.37. The zero-order valence-electron chi connectivity index (χ0n) is 13.2. The molecule has 0 aliphatic rings. The Morgan fingerprint density at radius 3 is 2.48 bits per heavy atom. The van der Waals surface area contributed by atoms with Gasteiger partial charge in [-0.15, -0.1) is 0 Å². The summed E-state index contributed by atoms with van der Waals surface area (Å²) in [4.78, 5) is 11.9. The fourth-order valence-electron chi connectivity index (χ4n) is 2.04. The molecule has 0 bridgehead atoms. The SMILES string of the molecule is CCCC(=O)Nc1cc(C(C)(C)C)nn1-c1ccccc1. The van der Waals surface area contributed by atoms with E-state index in [0.29, 0.717) is 6.42 Å². The predicted molar refractivity (Wildman–Crippen MR) is 85.8 cm³/mol. The predicted octanol–water partition coefficient (Wildman–Crippen LogP) is 3.91. The highest BCUT2D eigenvalue weighted by atomic mass is 16.1. The van der Waals surface area contributed by atoms with Crippen molar-refractivity contribution >= 4 is 11.7 Å². The Labute approximate surface area is 126 Å². The topological polar surface area (TPSA) is 46.9 Å². The summed E-state index contributed by atoms with van der Waals surface area (Å²) in [5, 5.41) is 7.63. The van der Waals surface area contributed by atoms with Gasteiger partial charge in [-0.3, -0.25) is 4.79 Å². The van der Waals surface area contributed by atoms with Crippen molar-refractivity contribution < 1.29 is 4.79 Å². The average Bonchev–Trinajstić information content (AvgIpc) is 2.84. The molecule has 0 saturated heterocycles. The quantitative estimate of drug-likeness (QED) is 0.925. The van der Waals surface area contributed by atoms with Gasteiger partial charge in [0.2, 0.25) is 5.91 Å². The second kappa shape index (κ2) is 6.12. The Morgan fingerprint density at radius 1 is 1.24 bits per heavy atom. The van der Waals surface area contributed by atoms with E-state index in [0.717, 1.165) is 23.6 Å². The van der Waals surface area contributed by atoms with Gasteiger partial charge < -0.3 is 5.32 Å². The normalized spacial score (nSPS) is 11.4. The molecular formula is C17H23N3O. The van der Waals surface area contributed by atoms with E-state index >= 15 is 0 Å². The van der Waals surface area contributed by atoms with Crippen molar-refractivity contribution in [1.82, 2.24) is 9.78 Å². The number of rotatable bonds is 4. The molecule has 4 heteroatoms. The van der Waals surface area contributed by atoms with Crippen molar-refractivity contribution in [2.75, 3.05) is 5.32 Å². The molecule has 0 aliphatic heterocycles. The molecule has 1 amide bonds. The van der Waals surface area contributed by atoms with Crippen LogP contribution in [-0.4, -0.2) is 15.7 Å². The van der Waals surface area contributed by atoms with E-state index < -0.39 is 0 Å². The fraction of sp³-hybridized carbons (Fsp3) is 0.412. The standard InChI is InChI=1S/C17H23N3O/c1-5-9-16(21)18-15-12-14(17(2,3)4)19-20(15)13-10-7-6-8-11-13/h6-8,10-12H,5,9H2,1-4H3,(H,18,21). The van der Waals surface area contributed by atoms with Crippen LogP contribution in [0.5, 0.6) is 0 Å². The molecule has 2 aromatic rings. The molecular weight excluding hydrogens is 262 g/mol. The van der Waals surface area contributed by atoms with Gasteiger partial charge in [0.25, 0.3) is 0 Å². The molecule has 0 saturated carbocycles. The Hall–Kier alpha value is -2.10. The van der Waals surface area contributed by atoms with Crippen LogP contribution in [-0.2, 0) is 10.2 Å². The number of benzene rings is 1. The van der Waals surface area contributed by atoms with E-state index in [1.165, 1.54) is 0 Å². The van der Waals surface area contributed by atoms with Crippen LogP contribution in [0.15, 0.2) is 36.4 Å². The van der Waals surface area contributed by atoms with Gasteiger partial charge in [0.15, 0.2) is 0 Å². The van der Waals surface area contributed by atoms with Crippen molar-refractivity contribution in [3.8, 4) is 5.69 Å². The molecule has 1 N–H and O–H groups in total. The van der Waals surface area contributed by atoms with Gasteiger partial charge in [-0.25, -0.2) is 4.68 Å².